The summed E-state index contributed by atoms with van der Waals surface area (Å²) in [4.78, 5) is 10.6. The van der Waals surface area contributed by atoms with Crippen LogP contribution in [-0.4, -0.2) is 6.29 Å². The molecule has 0 aliphatic carbocycles. The number of carbonyl (C=O) groups is 1. The monoisotopic (exact) mass is 211 g/mol. The van der Waals surface area contributed by atoms with Crippen LogP contribution < -0.4 is 5.32 Å². The van der Waals surface area contributed by atoms with Crippen LogP contribution in [0.3, 0.4) is 0 Å². The number of nitrogens with one attached hydrogen (secondary N) is 1. The Labute approximate surface area is 94.9 Å². The van der Waals surface area contributed by atoms with Crippen LogP contribution in [0.4, 0.5) is 5.69 Å². The van der Waals surface area contributed by atoms with Gasteiger partial charge in [-0.1, -0.05) is 36.4 Å². The maximum absolute atomic E-state index is 10.6. The topological polar surface area (TPSA) is 29.1 Å². The summed E-state index contributed by atoms with van der Waals surface area (Å²) >= 11 is 0. The zero-order chi connectivity index (χ0) is 11.2. The van der Waals surface area contributed by atoms with Crippen molar-refractivity contribution in [3.8, 4) is 0 Å². The summed E-state index contributed by atoms with van der Waals surface area (Å²) < 4.78 is 0. The first-order valence-corrected chi connectivity index (χ1v) is 5.21. The number of hydrogen-bond acceptors (Lipinski definition) is 2. The minimum atomic E-state index is 0.715. The highest BCUT2D eigenvalue weighted by Crippen LogP contribution is 2.09. The molecular formula is C14H13NO. The number of hydrogen-bond donors (Lipinski definition) is 1. The van der Waals surface area contributed by atoms with Gasteiger partial charge in [0.25, 0.3) is 0 Å². The molecule has 2 nitrogen and oxygen atoms in total. The standard InChI is InChI=1S/C14H13NO/c16-11-13-6-4-5-12(9-13)10-15-14-7-2-1-3-8-14/h1-9,11,15H,10H2. The molecule has 0 aromatic heterocycles. The third kappa shape index (κ3) is 2.70. The lowest BCUT2D eigenvalue weighted by molar-refractivity contribution is 0.112. The molecule has 80 valence electrons. The van der Waals surface area contributed by atoms with Gasteiger partial charge in [-0.15, -0.1) is 0 Å². The SMILES string of the molecule is O=Cc1cccc(CNc2ccccc2)c1. The number of benzene rings is 2. The Morgan fingerprint density at radius 1 is 1.00 bits per heavy atom. The average Bonchev–Trinajstić information content (AvgIpc) is 2.38. The first-order chi connectivity index (χ1) is 7.88. The zero-order valence-electron chi connectivity index (χ0n) is 8.89. The molecule has 0 radical (unpaired) electrons. The van der Waals surface area contributed by atoms with Crippen LogP contribution in [0.5, 0.6) is 0 Å². The summed E-state index contributed by atoms with van der Waals surface area (Å²) in [7, 11) is 0. The lowest BCUT2D eigenvalue weighted by Crippen LogP contribution is -1.99. The molecule has 0 aliphatic heterocycles. The van der Waals surface area contributed by atoms with Crippen molar-refractivity contribution in [2.45, 2.75) is 6.54 Å². The third-order valence-electron chi connectivity index (χ3n) is 2.36. The Balaban J connectivity index is 2.02. The van der Waals surface area contributed by atoms with Crippen molar-refractivity contribution in [2.24, 2.45) is 0 Å². The molecule has 2 heteroatoms. The van der Waals surface area contributed by atoms with Crippen molar-refractivity contribution in [3.05, 3.63) is 65.7 Å². The van der Waals surface area contributed by atoms with E-state index in [0.29, 0.717) is 5.56 Å². The van der Waals surface area contributed by atoms with Crippen molar-refractivity contribution in [2.75, 3.05) is 5.32 Å². The molecule has 0 atom stereocenters. The van der Waals surface area contributed by atoms with Gasteiger partial charge in [0, 0.05) is 17.8 Å². The van der Waals surface area contributed by atoms with Crippen LogP contribution in [0.25, 0.3) is 0 Å². The van der Waals surface area contributed by atoms with Crippen LogP contribution in [0.15, 0.2) is 54.6 Å². The lowest BCUT2D eigenvalue weighted by Gasteiger charge is -2.06. The highest BCUT2D eigenvalue weighted by molar-refractivity contribution is 5.74. The van der Waals surface area contributed by atoms with Crippen molar-refractivity contribution in [1.29, 1.82) is 0 Å². The quantitative estimate of drug-likeness (QED) is 0.787. The Hall–Kier alpha value is -2.09. The van der Waals surface area contributed by atoms with Gasteiger partial charge in [0.05, 0.1) is 0 Å². The summed E-state index contributed by atoms with van der Waals surface area (Å²) in [5, 5.41) is 3.30. The smallest absolute Gasteiger partial charge is 0.150 e. The fraction of sp³-hybridized carbons (Fsp3) is 0.0714. The average molecular weight is 211 g/mol. The summed E-state index contributed by atoms with van der Waals surface area (Å²) in [6.07, 6.45) is 0.867. The molecule has 0 heterocycles. The van der Waals surface area contributed by atoms with E-state index in [4.69, 9.17) is 0 Å². The maximum Gasteiger partial charge on any atom is 0.150 e. The molecule has 0 bridgehead atoms. The number of carbonyl (C=O) groups excluding carboxylic acids is 1. The van der Waals surface area contributed by atoms with Gasteiger partial charge in [-0.2, -0.15) is 0 Å². The molecule has 0 unspecified atom stereocenters. The Morgan fingerprint density at radius 2 is 1.81 bits per heavy atom. The van der Waals surface area contributed by atoms with E-state index in [0.717, 1.165) is 24.1 Å². The molecule has 0 amide bonds. The molecule has 0 spiro atoms. The van der Waals surface area contributed by atoms with Gasteiger partial charge >= 0.3 is 0 Å². The first kappa shape index (κ1) is 10.4. The minimum absolute atomic E-state index is 0.715. The van der Waals surface area contributed by atoms with Gasteiger partial charge in [-0.3, -0.25) is 4.79 Å². The predicted octanol–water partition coefficient (Wildman–Crippen LogP) is 3.11. The van der Waals surface area contributed by atoms with Gasteiger partial charge in [-0.05, 0) is 23.8 Å². The summed E-state index contributed by atoms with van der Waals surface area (Å²) in [6.45, 7) is 0.728. The first-order valence-electron chi connectivity index (χ1n) is 5.21. The number of rotatable bonds is 4. The maximum atomic E-state index is 10.6. The fourth-order valence-corrected chi connectivity index (χ4v) is 1.54. The third-order valence-corrected chi connectivity index (χ3v) is 2.36. The molecule has 0 fully saturated rings. The van der Waals surface area contributed by atoms with E-state index in [1.165, 1.54) is 0 Å². The highest BCUT2D eigenvalue weighted by Gasteiger charge is 1.95. The lowest BCUT2D eigenvalue weighted by atomic mass is 10.1. The van der Waals surface area contributed by atoms with E-state index < -0.39 is 0 Å². The largest absolute Gasteiger partial charge is 0.381 e. The molecule has 0 saturated carbocycles. The Bertz CT molecular complexity index is 465. The Morgan fingerprint density at radius 3 is 2.56 bits per heavy atom. The summed E-state index contributed by atoms with van der Waals surface area (Å²) in [5.41, 5.74) is 2.90. The van der Waals surface area contributed by atoms with E-state index in [-0.39, 0.29) is 0 Å². The molecule has 0 saturated heterocycles. The van der Waals surface area contributed by atoms with Crippen LogP contribution in [-0.2, 0) is 6.54 Å². The van der Waals surface area contributed by atoms with Crippen molar-refractivity contribution in [1.82, 2.24) is 0 Å². The Kier molecular flexibility index (Phi) is 3.34. The van der Waals surface area contributed by atoms with Crippen molar-refractivity contribution in [3.63, 3.8) is 0 Å². The van der Waals surface area contributed by atoms with Gasteiger partial charge in [0.1, 0.15) is 6.29 Å². The van der Waals surface area contributed by atoms with Gasteiger partial charge in [0.15, 0.2) is 0 Å². The number of anilines is 1. The molecule has 2 rings (SSSR count). The second kappa shape index (κ2) is 5.12. The molecule has 2 aromatic rings. The van der Waals surface area contributed by atoms with E-state index >= 15 is 0 Å². The summed E-state index contributed by atoms with van der Waals surface area (Å²) in [6, 6.07) is 17.6. The predicted molar refractivity (Wildman–Crippen MR) is 65.6 cm³/mol. The van der Waals surface area contributed by atoms with E-state index in [2.05, 4.69) is 5.32 Å². The van der Waals surface area contributed by atoms with E-state index in [9.17, 15) is 4.79 Å². The molecule has 1 N–H and O–H groups in total. The molecule has 0 aliphatic rings. The van der Waals surface area contributed by atoms with Crippen molar-refractivity contribution >= 4 is 12.0 Å². The van der Waals surface area contributed by atoms with Crippen molar-refractivity contribution < 1.29 is 4.79 Å². The second-order valence-corrected chi connectivity index (χ2v) is 3.58. The van der Waals surface area contributed by atoms with Crippen LogP contribution in [0.1, 0.15) is 15.9 Å². The number of aldehydes is 1. The van der Waals surface area contributed by atoms with Gasteiger partial charge < -0.3 is 5.32 Å². The van der Waals surface area contributed by atoms with E-state index in [1.54, 1.807) is 6.07 Å². The highest BCUT2D eigenvalue weighted by atomic mass is 16.1. The fourth-order valence-electron chi connectivity index (χ4n) is 1.54. The van der Waals surface area contributed by atoms with Crippen LogP contribution >= 0.6 is 0 Å². The number of para-hydroxylation sites is 1. The second-order valence-electron chi connectivity index (χ2n) is 3.58. The summed E-state index contributed by atoms with van der Waals surface area (Å²) in [5.74, 6) is 0. The normalized spacial score (nSPS) is 9.75. The van der Waals surface area contributed by atoms with Crippen LogP contribution in [0.2, 0.25) is 0 Å². The zero-order valence-corrected chi connectivity index (χ0v) is 8.89. The van der Waals surface area contributed by atoms with Gasteiger partial charge in [-0.25, -0.2) is 0 Å². The molecule has 2 aromatic carbocycles. The minimum Gasteiger partial charge on any atom is -0.381 e. The molecular weight excluding hydrogens is 198 g/mol. The van der Waals surface area contributed by atoms with E-state index in [1.807, 2.05) is 48.5 Å². The molecule has 16 heavy (non-hydrogen) atoms. The van der Waals surface area contributed by atoms with Gasteiger partial charge in [0.2, 0.25) is 0 Å². The van der Waals surface area contributed by atoms with Crippen LogP contribution in [0, 0.1) is 0 Å².